The minimum atomic E-state index is 0.465. The lowest BCUT2D eigenvalue weighted by Crippen LogP contribution is -2.31. The summed E-state index contributed by atoms with van der Waals surface area (Å²) in [5.41, 5.74) is 0. The quantitative estimate of drug-likeness (QED) is 0.506. The van der Waals surface area contributed by atoms with Gasteiger partial charge in [-0.3, -0.25) is 4.79 Å². The zero-order valence-electron chi connectivity index (χ0n) is 10.3. The van der Waals surface area contributed by atoms with E-state index in [2.05, 4.69) is 11.9 Å². The first kappa shape index (κ1) is 13.4. The second kappa shape index (κ2) is 8.51. The van der Waals surface area contributed by atoms with Crippen LogP contribution < -0.4 is 5.32 Å². The highest BCUT2D eigenvalue weighted by atomic mass is 16.1. The molecule has 16 heavy (non-hydrogen) atoms. The first-order valence-electron chi connectivity index (χ1n) is 6.66. The van der Waals surface area contributed by atoms with Gasteiger partial charge < -0.3 is 5.32 Å². The Bertz CT molecular complexity index is 207. The number of hydrogen-bond donors (Lipinski definition) is 1. The van der Waals surface area contributed by atoms with Crippen LogP contribution in [-0.2, 0) is 4.79 Å². The summed E-state index contributed by atoms with van der Waals surface area (Å²) in [6.07, 6.45) is 10.5. The van der Waals surface area contributed by atoms with E-state index in [1.165, 1.54) is 25.7 Å². The van der Waals surface area contributed by atoms with Crippen LogP contribution in [0.25, 0.3) is 0 Å². The van der Waals surface area contributed by atoms with Crippen LogP contribution in [0.5, 0.6) is 0 Å². The molecule has 0 aromatic rings. The van der Waals surface area contributed by atoms with Crippen molar-refractivity contribution in [2.45, 2.75) is 51.4 Å². The molecular formula is C14H25NO. The third-order valence-electron chi connectivity index (χ3n) is 3.28. The molecule has 0 aliphatic carbocycles. The van der Waals surface area contributed by atoms with Crippen LogP contribution in [0.2, 0.25) is 0 Å². The van der Waals surface area contributed by atoms with Crippen molar-refractivity contribution < 1.29 is 4.79 Å². The molecule has 0 saturated carbocycles. The normalized spacial score (nSPS) is 20.6. The molecule has 2 heteroatoms. The number of piperidine rings is 1. The van der Waals surface area contributed by atoms with E-state index >= 15 is 0 Å². The maximum atomic E-state index is 11.7. The van der Waals surface area contributed by atoms with E-state index in [0.29, 0.717) is 11.7 Å². The van der Waals surface area contributed by atoms with Crippen molar-refractivity contribution in [2.75, 3.05) is 13.1 Å². The Morgan fingerprint density at radius 1 is 1.38 bits per heavy atom. The van der Waals surface area contributed by atoms with Crippen molar-refractivity contribution >= 4 is 5.78 Å². The summed E-state index contributed by atoms with van der Waals surface area (Å²) < 4.78 is 0. The Morgan fingerprint density at radius 2 is 2.25 bits per heavy atom. The number of carbonyl (C=O) groups is 1. The van der Waals surface area contributed by atoms with Gasteiger partial charge in [-0.1, -0.05) is 12.5 Å². The van der Waals surface area contributed by atoms with Crippen LogP contribution in [0.15, 0.2) is 12.7 Å². The van der Waals surface area contributed by atoms with Crippen LogP contribution in [0.3, 0.4) is 0 Å². The Labute approximate surface area is 99.5 Å². The van der Waals surface area contributed by atoms with Crippen molar-refractivity contribution in [2.24, 2.45) is 5.92 Å². The number of allylic oxidation sites excluding steroid dienone is 1. The first-order valence-corrected chi connectivity index (χ1v) is 6.66. The molecule has 1 fully saturated rings. The molecule has 0 bridgehead atoms. The average Bonchev–Trinajstić information content (AvgIpc) is 2.30. The standard InChI is InChI=1S/C14H25NO/c1-2-3-4-5-6-9-14(16)11-13-8-7-10-15-12-13/h2,13,15H,1,3-12H2. The molecule has 1 unspecified atom stereocenters. The molecule has 1 heterocycles. The molecule has 1 N–H and O–H groups in total. The lowest BCUT2D eigenvalue weighted by Gasteiger charge is -2.21. The van der Waals surface area contributed by atoms with E-state index in [0.717, 1.165) is 38.8 Å². The maximum absolute atomic E-state index is 11.7. The number of carbonyl (C=O) groups excluding carboxylic acids is 1. The van der Waals surface area contributed by atoms with E-state index < -0.39 is 0 Å². The third-order valence-corrected chi connectivity index (χ3v) is 3.28. The van der Waals surface area contributed by atoms with Gasteiger partial charge in [-0.25, -0.2) is 0 Å². The fourth-order valence-corrected chi connectivity index (χ4v) is 2.31. The van der Waals surface area contributed by atoms with Gasteiger partial charge >= 0.3 is 0 Å². The molecule has 92 valence electrons. The summed E-state index contributed by atoms with van der Waals surface area (Å²) in [5, 5.41) is 3.36. The van der Waals surface area contributed by atoms with Gasteiger partial charge in [0.05, 0.1) is 0 Å². The Morgan fingerprint density at radius 3 is 2.94 bits per heavy atom. The van der Waals surface area contributed by atoms with E-state index in [9.17, 15) is 4.79 Å². The van der Waals surface area contributed by atoms with E-state index in [1.54, 1.807) is 0 Å². The van der Waals surface area contributed by atoms with Gasteiger partial charge in [-0.15, -0.1) is 6.58 Å². The predicted molar refractivity (Wildman–Crippen MR) is 68.5 cm³/mol. The number of rotatable bonds is 8. The molecule has 0 spiro atoms. The molecule has 1 aliphatic rings. The molecule has 1 aliphatic heterocycles. The molecule has 0 aromatic heterocycles. The molecular weight excluding hydrogens is 198 g/mol. The smallest absolute Gasteiger partial charge is 0.133 e. The summed E-state index contributed by atoms with van der Waals surface area (Å²) in [5.74, 6) is 1.07. The largest absolute Gasteiger partial charge is 0.316 e. The number of nitrogens with one attached hydrogen (secondary N) is 1. The fraction of sp³-hybridized carbons (Fsp3) is 0.786. The molecule has 0 aromatic carbocycles. The van der Waals surface area contributed by atoms with Crippen LogP contribution in [-0.4, -0.2) is 18.9 Å². The van der Waals surface area contributed by atoms with Gasteiger partial charge in [0.2, 0.25) is 0 Å². The summed E-state index contributed by atoms with van der Waals surface area (Å²) >= 11 is 0. The predicted octanol–water partition coefficient (Wildman–Crippen LogP) is 3.08. The lowest BCUT2D eigenvalue weighted by atomic mass is 9.92. The maximum Gasteiger partial charge on any atom is 0.133 e. The van der Waals surface area contributed by atoms with Crippen molar-refractivity contribution in [3.63, 3.8) is 0 Å². The molecule has 0 radical (unpaired) electrons. The lowest BCUT2D eigenvalue weighted by molar-refractivity contribution is -0.120. The van der Waals surface area contributed by atoms with E-state index in [1.807, 2.05) is 6.08 Å². The summed E-state index contributed by atoms with van der Waals surface area (Å²) in [4.78, 5) is 11.7. The number of Topliss-reactive ketones (excluding diaryl/α,β-unsaturated/α-hetero) is 1. The van der Waals surface area contributed by atoms with E-state index in [4.69, 9.17) is 0 Å². The minimum Gasteiger partial charge on any atom is -0.316 e. The topological polar surface area (TPSA) is 29.1 Å². The van der Waals surface area contributed by atoms with Gasteiger partial charge in [0.1, 0.15) is 5.78 Å². The van der Waals surface area contributed by atoms with Crippen molar-refractivity contribution in [3.8, 4) is 0 Å². The molecule has 1 atom stereocenters. The summed E-state index contributed by atoms with van der Waals surface area (Å²) in [6.45, 7) is 5.87. The monoisotopic (exact) mass is 223 g/mol. The summed E-state index contributed by atoms with van der Waals surface area (Å²) in [7, 11) is 0. The zero-order chi connectivity index (χ0) is 11.6. The van der Waals surface area contributed by atoms with Gasteiger partial charge in [0.25, 0.3) is 0 Å². The number of hydrogen-bond acceptors (Lipinski definition) is 2. The third kappa shape index (κ3) is 6.06. The molecule has 0 amide bonds. The van der Waals surface area contributed by atoms with Crippen LogP contribution >= 0.6 is 0 Å². The average molecular weight is 223 g/mol. The van der Waals surface area contributed by atoms with Crippen LogP contribution in [0, 0.1) is 5.92 Å². The Balaban J connectivity index is 1.99. The van der Waals surface area contributed by atoms with Crippen molar-refractivity contribution in [3.05, 3.63) is 12.7 Å². The molecule has 1 rings (SSSR count). The van der Waals surface area contributed by atoms with Gasteiger partial charge in [0.15, 0.2) is 0 Å². The van der Waals surface area contributed by atoms with Crippen LogP contribution in [0.4, 0.5) is 0 Å². The van der Waals surface area contributed by atoms with Gasteiger partial charge in [0, 0.05) is 12.8 Å². The minimum absolute atomic E-state index is 0.465. The highest BCUT2D eigenvalue weighted by Gasteiger charge is 2.16. The highest BCUT2D eigenvalue weighted by molar-refractivity contribution is 5.78. The van der Waals surface area contributed by atoms with Crippen molar-refractivity contribution in [1.82, 2.24) is 5.32 Å². The highest BCUT2D eigenvalue weighted by Crippen LogP contribution is 2.16. The van der Waals surface area contributed by atoms with E-state index in [-0.39, 0.29) is 0 Å². The first-order chi connectivity index (χ1) is 7.83. The molecule has 1 saturated heterocycles. The number of unbranched alkanes of at least 4 members (excludes halogenated alkanes) is 3. The Kier molecular flexibility index (Phi) is 7.15. The molecule has 2 nitrogen and oxygen atoms in total. The van der Waals surface area contributed by atoms with Crippen LogP contribution in [0.1, 0.15) is 51.4 Å². The Hall–Kier alpha value is -0.630. The number of ketones is 1. The van der Waals surface area contributed by atoms with Crippen molar-refractivity contribution in [1.29, 1.82) is 0 Å². The second-order valence-electron chi connectivity index (χ2n) is 4.84. The summed E-state index contributed by atoms with van der Waals surface area (Å²) in [6, 6.07) is 0. The zero-order valence-corrected chi connectivity index (χ0v) is 10.3. The second-order valence-corrected chi connectivity index (χ2v) is 4.84. The fourth-order valence-electron chi connectivity index (χ4n) is 2.31. The van der Waals surface area contributed by atoms with Gasteiger partial charge in [-0.2, -0.15) is 0 Å². The van der Waals surface area contributed by atoms with Gasteiger partial charge in [-0.05, 0) is 51.1 Å². The SMILES string of the molecule is C=CCCCCCC(=O)CC1CCCNC1.